The molecule has 34 heavy (non-hydrogen) atoms. The van der Waals surface area contributed by atoms with Crippen LogP contribution in [0.15, 0.2) is 66.0 Å². The monoisotopic (exact) mass is 479 g/mol. The van der Waals surface area contributed by atoms with Gasteiger partial charge in [0.15, 0.2) is 0 Å². The van der Waals surface area contributed by atoms with Crippen LogP contribution in [0, 0.1) is 5.82 Å². The Morgan fingerprint density at radius 2 is 1.88 bits per heavy atom. The lowest BCUT2D eigenvalue weighted by Crippen LogP contribution is -2.43. The van der Waals surface area contributed by atoms with Crippen LogP contribution in [0.4, 0.5) is 10.1 Å². The molecule has 0 aliphatic carbocycles. The van der Waals surface area contributed by atoms with Gasteiger partial charge in [0.1, 0.15) is 5.82 Å². The maximum Gasteiger partial charge on any atom is 0.224 e. The molecule has 1 aromatic heterocycles. The summed E-state index contributed by atoms with van der Waals surface area (Å²) in [6.45, 7) is 4.84. The fourth-order valence-electron chi connectivity index (χ4n) is 4.59. The Morgan fingerprint density at radius 1 is 1.09 bits per heavy atom. The molecular formula is C28H34FN3OS. The molecule has 1 saturated heterocycles. The lowest BCUT2D eigenvalue weighted by atomic mass is 10.0. The minimum Gasteiger partial charge on any atom is -0.371 e. The smallest absolute Gasteiger partial charge is 0.224 e. The molecule has 4 nitrogen and oxygen atoms in total. The van der Waals surface area contributed by atoms with Crippen LogP contribution in [-0.2, 0) is 17.6 Å². The van der Waals surface area contributed by atoms with Crippen LogP contribution < -0.4 is 15.5 Å². The van der Waals surface area contributed by atoms with Crippen LogP contribution in [0.1, 0.15) is 48.2 Å². The van der Waals surface area contributed by atoms with Crippen molar-refractivity contribution in [2.45, 2.75) is 51.1 Å². The summed E-state index contributed by atoms with van der Waals surface area (Å²) in [4.78, 5) is 16.2. The number of nitrogens with zero attached hydrogens (tertiary/aromatic N) is 1. The van der Waals surface area contributed by atoms with Gasteiger partial charge in [-0.2, -0.15) is 0 Å². The van der Waals surface area contributed by atoms with Gasteiger partial charge in [-0.05, 0) is 72.5 Å². The summed E-state index contributed by atoms with van der Waals surface area (Å²) >= 11 is 1.84. The number of carbonyl (C=O) groups excluding carboxylic acids is 1. The fraction of sp³-hybridized carbons (Fsp3) is 0.393. The molecule has 4 rings (SSSR count). The third-order valence-electron chi connectivity index (χ3n) is 6.52. The summed E-state index contributed by atoms with van der Waals surface area (Å²) in [5.41, 5.74) is 3.12. The summed E-state index contributed by atoms with van der Waals surface area (Å²) in [7, 11) is 0. The van der Waals surface area contributed by atoms with Gasteiger partial charge in [-0.1, -0.05) is 37.3 Å². The van der Waals surface area contributed by atoms with E-state index in [-0.39, 0.29) is 11.7 Å². The number of hydrogen-bond donors (Lipinski definition) is 2. The van der Waals surface area contributed by atoms with Crippen molar-refractivity contribution < 1.29 is 9.18 Å². The Balaban J connectivity index is 1.19. The van der Waals surface area contributed by atoms with Crippen molar-refractivity contribution in [3.63, 3.8) is 0 Å². The predicted octanol–water partition coefficient (Wildman–Crippen LogP) is 5.50. The molecule has 1 fully saturated rings. The standard InChI is InChI=1S/C28H34FN3OS/c1-2-26(27-7-4-18-34-27)31-24-13-16-32(17-14-24)25-10-8-22(9-11-25)20-28(33)30-15-12-21-5-3-6-23(29)19-21/h3-11,18-19,24,26,31H,2,12-17,20H2,1H3,(H,30,33). The molecule has 0 spiro atoms. The average molecular weight is 480 g/mol. The van der Waals surface area contributed by atoms with Gasteiger partial charge in [-0.15, -0.1) is 11.3 Å². The summed E-state index contributed by atoms with van der Waals surface area (Å²) in [6.07, 6.45) is 4.37. The van der Waals surface area contributed by atoms with Gasteiger partial charge in [0, 0.05) is 42.3 Å². The first-order valence-corrected chi connectivity index (χ1v) is 13.1. The number of halogens is 1. The number of hydrogen-bond acceptors (Lipinski definition) is 4. The SMILES string of the molecule is CCC(NC1CCN(c2ccc(CC(=O)NCCc3cccc(F)c3)cc2)CC1)c1cccs1. The summed E-state index contributed by atoms with van der Waals surface area (Å²) in [5.74, 6) is -0.250. The van der Waals surface area contributed by atoms with Crippen molar-refractivity contribution in [3.05, 3.63) is 87.9 Å². The number of benzene rings is 2. The number of piperidine rings is 1. The molecule has 2 aromatic carbocycles. The zero-order valence-corrected chi connectivity index (χ0v) is 20.6. The van der Waals surface area contributed by atoms with Crippen molar-refractivity contribution in [1.82, 2.24) is 10.6 Å². The second kappa shape index (κ2) is 12.1. The molecule has 6 heteroatoms. The van der Waals surface area contributed by atoms with E-state index in [1.54, 1.807) is 6.07 Å². The van der Waals surface area contributed by atoms with Crippen molar-refractivity contribution in [3.8, 4) is 0 Å². The second-order valence-corrected chi connectivity index (χ2v) is 9.96. The van der Waals surface area contributed by atoms with Crippen LogP contribution in [0.2, 0.25) is 0 Å². The molecule has 1 unspecified atom stereocenters. The number of anilines is 1. The molecule has 0 bridgehead atoms. The van der Waals surface area contributed by atoms with E-state index in [0.717, 1.165) is 43.5 Å². The summed E-state index contributed by atoms with van der Waals surface area (Å²) in [6, 6.07) is 20.2. The van der Waals surface area contributed by atoms with Crippen LogP contribution >= 0.6 is 11.3 Å². The molecule has 0 radical (unpaired) electrons. The molecule has 2 heterocycles. The van der Waals surface area contributed by atoms with Gasteiger partial charge in [0.05, 0.1) is 6.42 Å². The topological polar surface area (TPSA) is 44.4 Å². The Kier molecular flexibility index (Phi) is 8.72. The predicted molar refractivity (Wildman–Crippen MR) is 139 cm³/mol. The Hall–Kier alpha value is -2.70. The van der Waals surface area contributed by atoms with E-state index >= 15 is 0 Å². The Morgan fingerprint density at radius 3 is 2.56 bits per heavy atom. The lowest BCUT2D eigenvalue weighted by molar-refractivity contribution is -0.120. The van der Waals surface area contributed by atoms with Crippen LogP contribution in [0.25, 0.3) is 0 Å². The number of thiophene rings is 1. The van der Waals surface area contributed by atoms with E-state index < -0.39 is 0 Å². The largest absolute Gasteiger partial charge is 0.371 e. The first-order chi connectivity index (χ1) is 16.6. The van der Waals surface area contributed by atoms with E-state index in [0.29, 0.717) is 31.5 Å². The number of amides is 1. The van der Waals surface area contributed by atoms with Crippen LogP contribution in [0.5, 0.6) is 0 Å². The van der Waals surface area contributed by atoms with Gasteiger partial charge < -0.3 is 15.5 Å². The second-order valence-electron chi connectivity index (χ2n) is 8.98. The van der Waals surface area contributed by atoms with Gasteiger partial charge in [0.2, 0.25) is 5.91 Å². The highest BCUT2D eigenvalue weighted by atomic mass is 32.1. The highest BCUT2D eigenvalue weighted by molar-refractivity contribution is 7.10. The maximum absolute atomic E-state index is 13.3. The molecular weight excluding hydrogens is 445 g/mol. The number of carbonyl (C=O) groups is 1. The zero-order chi connectivity index (χ0) is 23.8. The highest BCUT2D eigenvalue weighted by Gasteiger charge is 2.22. The minimum absolute atomic E-state index is 0.00717. The fourth-order valence-corrected chi connectivity index (χ4v) is 5.46. The molecule has 0 saturated carbocycles. The van der Waals surface area contributed by atoms with E-state index in [9.17, 15) is 9.18 Å². The molecule has 2 N–H and O–H groups in total. The quantitative estimate of drug-likeness (QED) is 0.404. The Bertz CT molecular complexity index is 1030. The zero-order valence-electron chi connectivity index (χ0n) is 19.8. The molecule has 1 amide bonds. The minimum atomic E-state index is -0.243. The first-order valence-electron chi connectivity index (χ1n) is 12.2. The average Bonchev–Trinajstić information content (AvgIpc) is 3.38. The van der Waals surface area contributed by atoms with E-state index in [1.807, 2.05) is 17.4 Å². The number of nitrogens with one attached hydrogen (secondary N) is 2. The van der Waals surface area contributed by atoms with Crippen molar-refractivity contribution in [2.24, 2.45) is 0 Å². The van der Waals surface area contributed by atoms with E-state index in [2.05, 4.69) is 64.2 Å². The van der Waals surface area contributed by atoms with Crippen molar-refractivity contribution in [2.75, 3.05) is 24.5 Å². The van der Waals surface area contributed by atoms with Gasteiger partial charge in [-0.25, -0.2) is 4.39 Å². The molecule has 180 valence electrons. The Labute approximate surface area is 206 Å². The van der Waals surface area contributed by atoms with Crippen molar-refractivity contribution >= 4 is 22.9 Å². The third-order valence-corrected chi connectivity index (χ3v) is 7.50. The maximum atomic E-state index is 13.3. The number of rotatable bonds is 10. The molecule has 1 aliphatic heterocycles. The van der Waals surface area contributed by atoms with Gasteiger partial charge >= 0.3 is 0 Å². The van der Waals surface area contributed by atoms with E-state index in [4.69, 9.17) is 0 Å². The third kappa shape index (κ3) is 6.90. The molecule has 1 atom stereocenters. The van der Waals surface area contributed by atoms with Crippen LogP contribution in [-0.4, -0.2) is 31.6 Å². The highest BCUT2D eigenvalue weighted by Crippen LogP contribution is 2.26. The summed E-state index contributed by atoms with van der Waals surface area (Å²) < 4.78 is 13.3. The van der Waals surface area contributed by atoms with E-state index in [1.165, 1.54) is 22.7 Å². The van der Waals surface area contributed by atoms with Crippen molar-refractivity contribution in [1.29, 1.82) is 0 Å². The molecule has 1 aliphatic rings. The summed E-state index contributed by atoms with van der Waals surface area (Å²) in [5, 5.41) is 8.95. The first kappa shape index (κ1) is 24.4. The van der Waals surface area contributed by atoms with Gasteiger partial charge in [-0.3, -0.25) is 4.79 Å². The normalized spacial score (nSPS) is 15.3. The lowest BCUT2D eigenvalue weighted by Gasteiger charge is -2.35. The van der Waals surface area contributed by atoms with Crippen LogP contribution in [0.3, 0.4) is 0 Å². The molecule has 3 aromatic rings. The van der Waals surface area contributed by atoms with Gasteiger partial charge in [0.25, 0.3) is 0 Å².